The lowest BCUT2D eigenvalue weighted by Crippen LogP contribution is -2.01. The molecule has 1 aliphatic heterocycles. The highest BCUT2D eigenvalue weighted by Crippen LogP contribution is 2.22. The SMILES string of the molecule is OCC1CC=CS1. The van der Waals surface area contributed by atoms with Gasteiger partial charge in [0.05, 0.1) is 6.61 Å². The van der Waals surface area contributed by atoms with Gasteiger partial charge in [0.25, 0.3) is 0 Å². The summed E-state index contributed by atoms with van der Waals surface area (Å²) in [5, 5.41) is 11.0. The number of hydrogen-bond donors (Lipinski definition) is 1. The van der Waals surface area contributed by atoms with E-state index in [4.69, 9.17) is 5.11 Å². The fourth-order valence-electron chi connectivity index (χ4n) is 0.547. The van der Waals surface area contributed by atoms with Crippen LogP contribution in [0.15, 0.2) is 11.5 Å². The van der Waals surface area contributed by atoms with Crippen LogP contribution in [0.1, 0.15) is 6.42 Å². The summed E-state index contributed by atoms with van der Waals surface area (Å²) in [5.74, 6) is 0. The highest BCUT2D eigenvalue weighted by Gasteiger charge is 2.07. The van der Waals surface area contributed by atoms with E-state index in [9.17, 15) is 0 Å². The largest absolute Gasteiger partial charge is 0.395 e. The molecule has 0 saturated heterocycles. The lowest BCUT2D eigenvalue weighted by atomic mass is 10.3. The van der Waals surface area contributed by atoms with E-state index in [1.807, 2.05) is 5.41 Å². The van der Waals surface area contributed by atoms with Gasteiger partial charge in [-0.2, -0.15) is 0 Å². The molecule has 0 spiro atoms. The molecule has 40 valence electrons. The average Bonchev–Trinajstić information content (AvgIpc) is 2.14. The molecule has 0 aromatic rings. The molecule has 0 aromatic carbocycles. The van der Waals surface area contributed by atoms with Crippen LogP contribution >= 0.6 is 11.8 Å². The monoisotopic (exact) mass is 116 g/mol. The molecule has 7 heavy (non-hydrogen) atoms. The zero-order valence-corrected chi connectivity index (χ0v) is 4.82. The summed E-state index contributed by atoms with van der Waals surface area (Å²) in [5.41, 5.74) is 0. The molecule has 1 rings (SSSR count). The number of aliphatic hydroxyl groups excluding tert-OH is 1. The van der Waals surface area contributed by atoms with Crippen LogP contribution < -0.4 is 0 Å². The van der Waals surface area contributed by atoms with Crippen LogP contribution in [0.3, 0.4) is 0 Å². The molecule has 0 fully saturated rings. The predicted octanol–water partition coefficient (Wildman–Crippen LogP) is 0.998. The first kappa shape index (κ1) is 5.19. The Labute approximate surface area is 47.4 Å². The molecule has 1 unspecified atom stereocenters. The maximum atomic E-state index is 8.51. The Hall–Kier alpha value is 0.0500. The van der Waals surface area contributed by atoms with Gasteiger partial charge in [-0.1, -0.05) is 6.08 Å². The third-order valence-electron chi connectivity index (χ3n) is 0.970. The van der Waals surface area contributed by atoms with Crippen LogP contribution in [-0.2, 0) is 0 Å². The predicted molar refractivity (Wildman–Crippen MR) is 32.2 cm³/mol. The van der Waals surface area contributed by atoms with E-state index < -0.39 is 0 Å². The number of hydrogen-bond acceptors (Lipinski definition) is 2. The lowest BCUT2D eigenvalue weighted by molar-refractivity contribution is 0.296. The summed E-state index contributed by atoms with van der Waals surface area (Å²) >= 11 is 1.71. The van der Waals surface area contributed by atoms with Crippen LogP contribution in [0.2, 0.25) is 0 Å². The van der Waals surface area contributed by atoms with E-state index in [2.05, 4.69) is 6.08 Å². The third-order valence-corrected chi connectivity index (χ3v) is 2.05. The average molecular weight is 116 g/mol. The van der Waals surface area contributed by atoms with Crippen molar-refractivity contribution >= 4 is 11.8 Å². The molecule has 0 amide bonds. The smallest absolute Gasteiger partial charge is 0.0556 e. The van der Waals surface area contributed by atoms with Crippen molar-refractivity contribution in [3.8, 4) is 0 Å². The maximum absolute atomic E-state index is 8.51. The van der Waals surface area contributed by atoms with E-state index in [0.717, 1.165) is 6.42 Å². The van der Waals surface area contributed by atoms with Crippen molar-refractivity contribution in [2.75, 3.05) is 6.61 Å². The van der Waals surface area contributed by atoms with Gasteiger partial charge < -0.3 is 5.11 Å². The zero-order chi connectivity index (χ0) is 5.11. The highest BCUT2D eigenvalue weighted by molar-refractivity contribution is 8.03. The summed E-state index contributed by atoms with van der Waals surface area (Å²) in [4.78, 5) is 0. The first-order valence-corrected chi connectivity index (χ1v) is 3.29. The Kier molecular flexibility index (Phi) is 1.77. The van der Waals surface area contributed by atoms with Crippen LogP contribution in [0.4, 0.5) is 0 Å². The van der Waals surface area contributed by atoms with Crippen molar-refractivity contribution in [1.29, 1.82) is 0 Å². The van der Waals surface area contributed by atoms with Crippen molar-refractivity contribution in [1.82, 2.24) is 0 Å². The van der Waals surface area contributed by atoms with Crippen LogP contribution in [0, 0.1) is 0 Å². The highest BCUT2D eigenvalue weighted by atomic mass is 32.2. The fraction of sp³-hybridized carbons (Fsp3) is 0.600. The molecule has 1 aliphatic rings. The summed E-state index contributed by atoms with van der Waals surface area (Å²) in [6.07, 6.45) is 3.13. The van der Waals surface area contributed by atoms with Gasteiger partial charge in [0.1, 0.15) is 0 Å². The van der Waals surface area contributed by atoms with Gasteiger partial charge in [0.15, 0.2) is 0 Å². The topological polar surface area (TPSA) is 20.2 Å². The Morgan fingerprint density at radius 3 is 3.00 bits per heavy atom. The Morgan fingerprint density at radius 1 is 1.86 bits per heavy atom. The standard InChI is InChI=1S/C5H8OS/c6-4-5-2-1-3-7-5/h1,3,5-6H,2,4H2. The molecular formula is C5H8OS. The Bertz CT molecular complexity index is 72.1. The number of rotatable bonds is 1. The van der Waals surface area contributed by atoms with Gasteiger partial charge in [-0.15, -0.1) is 11.8 Å². The van der Waals surface area contributed by atoms with Gasteiger partial charge in [-0.25, -0.2) is 0 Å². The van der Waals surface area contributed by atoms with Gasteiger partial charge in [-0.3, -0.25) is 0 Å². The summed E-state index contributed by atoms with van der Waals surface area (Å²) in [6, 6.07) is 0. The molecule has 1 nitrogen and oxygen atoms in total. The van der Waals surface area contributed by atoms with Crippen LogP contribution in [-0.4, -0.2) is 17.0 Å². The van der Waals surface area contributed by atoms with Crippen molar-refractivity contribution < 1.29 is 5.11 Å². The summed E-state index contributed by atoms with van der Waals surface area (Å²) in [6.45, 7) is 0.317. The normalized spacial score (nSPS) is 29.0. The zero-order valence-electron chi connectivity index (χ0n) is 4.00. The lowest BCUT2D eigenvalue weighted by Gasteiger charge is -1.98. The van der Waals surface area contributed by atoms with E-state index in [1.54, 1.807) is 11.8 Å². The second-order valence-electron chi connectivity index (χ2n) is 1.55. The number of thioether (sulfide) groups is 1. The Balaban J connectivity index is 2.22. The van der Waals surface area contributed by atoms with Crippen LogP contribution in [0.25, 0.3) is 0 Å². The summed E-state index contributed by atoms with van der Waals surface area (Å²) < 4.78 is 0. The van der Waals surface area contributed by atoms with Crippen molar-refractivity contribution in [3.05, 3.63) is 11.5 Å². The van der Waals surface area contributed by atoms with Crippen molar-refractivity contribution in [2.24, 2.45) is 0 Å². The molecule has 0 saturated carbocycles. The van der Waals surface area contributed by atoms with Crippen molar-refractivity contribution in [3.63, 3.8) is 0 Å². The minimum Gasteiger partial charge on any atom is -0.395 e. The molecule has 0 aromatic heterocycles. The van der Waals surface area contributed by atoms with Crippen LogP contribution in [0.5, 0.6) is 0 Å². The molecule has 0 radical (unpaired) electrons. The van der Waals surface area contributed by atoms with Gasteiger partial charge >= 0.3 is 0 Å². The molecule has 0 bridgehead atoms. The van der Waals surface area contributed by atoms with E-state index in [1.165, 1.54) is 0 Å². The van der Waals surface area contributed by atoms with Gasteiger partial charge in [0.2, 0.25) is 0 Å². The molecule has 1 heterocycles. The fourth-order valence-corrected chi connectivity index (χ4v) is 1.30. The molecule has 0 aliphatic carbocycles. The van der Waals surface area contributed by atoms with Crippen molar-refractivity contribution in [2.45, 2.75) is 11.7 Å². The second-order valence-corrected chi connectivity index (χ2v) is 2.76. The van der Waals surface area contributed by atoms with E-state index in [-0.39, 0.29) is 0 Å². The number of aliphatic hydroxyl groups is 1. The Morgan fingerprint density at radius 2 is 2.71 bits per heavy atom. The van der Waals surface area contributed by atoms with E-state index in [0.29, 0.717) is 11.9 Å². The third kappa shape index (κ3) is 1.21. The van der Waals surface area contributed by atoms with Gasteiger partial charge in [0, 0.05) is 5.25 Å². The maximum Gasteiger partial charge on any atom is 0.0556 e. The van der Waals surface area contributed by atoms with Gasteiger partial charge in [-0.05, 0) is 11.8 Å². The molecule has 1 N–H and O–H groups in total. The second kappa shape index (κ2) is 2.38. The first-order valence-electron chi connectivity index (χ1n) is 2.35. The first-order chi connectivity index (χ1) is 3.43. The molecule has 1 atom stereocenters. The molecular weight excluding hydrogens is 108 g/mol. The quantitative estimate of drug-likeness (QED) is 0.551. The van der Waals surface area contributed by atoms with E-state index >= 15 is 0 Å². The minimum absolute atomic E-state index is 0.317. The summed E-state index contributed by atoms with van der Waals surface area (Å²) in [7, 11) is 0. The molecule has 2 heteroatoms. The number of allylic oxidation sites excluding steroid dienone is 1. The minimum atomic E-state index is 0.317.